The van der Waals surface area contributed by atoms with E-state index >= 15 is 0 Å². The maximum Gasteiger partial charge on any atom is 0.152 e. The Bertz CT molecular complexity index is 782. The monoisotopic (exact) mass is 382 g/mol. The van der Waals surface area contributed by atoms with Crippen LogP contribution in [0.3, 0.4) is 0 Å². The zero-order valence-corrected chi connectivity index (χ0v) is 14.1. The van der Waals surface area contributed by atoms with Gasteiger partial charge >= 0.3 is 0 Å². The van der Waals surface area contributed by atoms with Crippen LogP contribution in [0.4, 0.5) is 17.3 Å². The standard InChI is InChI=1S/C14H15BrN4O2S/c15-10-2-1-3-11(6-10)18-13-7-14(17-9-16-13)19-12-4-5-22(20,21)8-12/h1-3,6-7,9,12H,4-5,8H2,(H2,16,17,18,19). The zero-order chi connectivity index (χ0) is 15.6. The van der Waals surface area contributed by atoms with Gasteiger partial charge in [0.15, 0.2) is 9.84 Å². The van der Waals surface area contributed by atoms with Crippen molar-refractivity contribution in [3.8, 4) is 0 Å². The van der Waals surface area contributed by atoms with Crippen molar-refractivity contribution in [3.05, 3.63) is 41.1 Å². The van der Waals surface area contributed by atoms with Crippen LogP contribution >= 0.6 is 15.9 Å². The molecule has 0 saturated carbocycles. The summed E-state index contributed by atoms with van der Waals surface area (Å²) in [7, 11) is -2.91. The highest BCUT2D eigenvalue weighted by Crippen LogP contribution is 2.21. The second-order valence-electron chi connectivity index (χ2n) is 5.17. The normalized spacial score (nSPS) is 19.8. The molecule has 1 atom stereocenters. The number of hydrogen-bond acceptors (Lipinski definition) is 6. The van der Waals surface area contributed by atoms with Gasteiger partial charge in [0.2, 0.25) is 0 Å². The highest BCUT2D eigenvalue weighted by molar-refractivity contribution is 9.10. The largest absolute Gasteiger partial charge is 0.366 e. The van der Waals surface area contributed by atoms with Crippen LogP contribution in [-0.2, 0) is 9.84 Å². The second-order valence-corrected chi connectivity index (χ2v) is 8.31. The summed E-state index contributed by atoms with van der Waals surface area (Å²) in [5.41, 5.74) is 0.905. The summed E-state index contributed by atoms with van der Waals surface area (Å²) < 4.78 is 23.9. The number of hydrogen-bond donors (Lipinski definition) is 2. The molecule has 1 unspecified atom stereocenters. The fourth-order valence-electron chi connectivity index (χ4n) is 2.34. The second kappa shape index (κ2) is 6.21. The van der Waals surface area contributed by atoms with Gasteiger partial charge < -0.3 is 10.6 Å². The summed E-state index contributed by atoms with van der Waals surface area (Å²) in [4.78, 5) is 8.32. The summed E-state index contributed by atoms with van der Waals surface area (Å²) in [6, 6.07) is 9.43. The van der Waals surface area contributed by atoms with Crippen molar-refractivity contribution in [2.75, 3.05) is 22.1 Å². The molecule has 1 fully saturated rings. The maximum atomic E-state index is 11.5. The van der Waals surface area contributed by atoms with Crippen LogP contribution in [0.15, 0.2) is 41.1 Å². The summed E-state index contributed by atoms with van der Waals surface area (Å²) >= 11 is 3.42. The molecule has 0 spiro atoms. The number of sulfone groups is 1. The third kappa shape index (κ3) is 3.95. The summed E-state index contributed by atoms with van der Waals surface area (Å²) in [5.74, 6) is 1.66. The van der Waals surface area contributed by atoms with Crippen molar-refractivity contribution in [2.45, 2.75) is 12.5 Å². The Morgan fingerprint density at radius 1 is 1.18 bits per heavy atom. The van der Waals surface area contributed by atoms with E-state index in [0.29, 0.717) is 18.1 Å². The molecule has 0 amide bonds. The number of nitrogens with one attached hydrogen (secondary N) is 2. The van der Waals surface area contributed by atoms with Gasteiger partial charge in [0.05, 0.1) is 11.5 Å². The molecule has 2 N–H and O–H groups in total. The van der Waals surface area contributed by atoms with Gasteiger partial charge in [0.1, 0.15) is 18.0 Å². The molecule has 6 nitrogen and oxygen atoms in total. The zero-order valence-electron chi connectivity index (χ0n) is 11.7. The van der Waals surface area contributed by atoms with Gasteiger partial charge in [-0.05, 0) is 24.6 Å². The molecule has 1 aliphatic rings. The molecule has 3 rings (SSSR count). The fraction of sp³-hybridized carbons (Fsp3) is 0.286. The maximum absolute atomic E-state index is 11.5. The van der Waals surface area contributed by atoms with E-state index in [1.54, 1.807) is 6.07 Å². The van der Waals surface area contributed by atoms with Crippen molar-refractivity contribution in [2.24, 2.45) is 0 Å². The number of aromatic nitrogens is 2. The molecular weight excluding hydrogens is 368 g/mol. The first-order valence-electron chi connectivity index (χ1n) is 6.82. The molecule has 0 bridgehead atoms. The van der Waals surface area contributed by atoms with Crippen LogP contribution in [0.1, 0.15) is 6.42 Å². The first kappa shape index (κ1) is 15.2. The minimum absolute atomic E-state index is 0.0846. The quantitative estimate of drug-likeness (QED) is 0.845. The van der Waals surface area contributed by atoms with Crippen LogP contribution in [0, 0.1) is 0 Å². The van der Waals surface area contributed by atoms with E-state index in [0.717, 1.165) is 10.2 Å². The number of rotatable bonds is 4. The molecule has 1 aromatic heterocycles. The lowest BCUT2D eigenvalue weighted by atomic mass is 10.2. The molecule has 2 aromatic rings. The van der Waals surface area contributed by atoms with E-state index in [4.69, 9.17) is 0 Å². The third-order valence-corrected chi connectivity index (χ3v) is 5.61. The molecule has 116 valence electrons. The van der Waals surface area contributed by atoms with E-state index in [9.17, 15) is 8.42 Å². The predicted molar refractivity (Wildman–Crippen MR) is 90.1 cm³/mol. The minimum Gasteiger partial charge on any atom is -0.366 e. The Kier molecular flexibility index (Phi) is 4.30. The molecule has 8 heteroatoms. The number of benzene rings is 1. The molecule has 1 saturated heterocycles. The SMILES string of the molecule is O=S1(=O)CCC(Nc2cc(Nc3cccc(Br)c3)ncn2)C1. The highest BCUT2D eigenvalue weighted by atomic mass is 79.9. The van der Waals surface area contributed by atoms with E-state index < -0.39 is 9.84 Å². The van der Waals surface area contributed by atoms with Crippen molar-refractivity contribution in [1.82, 2.24) is 9.97 Å². The first-order valence-corrected chi connectivity index (χ1v) is 9.43. The molecule has 0 radical (unpaired) electrons. The Morgan fingerprint density at radius 2 is 2.00 bits per heavy atom. The number of anilines is 3. The predicted octanol–water partition coefficient (Wildman–Crippen LogP) is 2.58. The van der Waals surface area contributed by atoms with Crippen LogP contribution in [-0.4, -0.2) is 35.9 Å². The van der Waals surface area contributed by atoms with Crippen molar-refractivity contribution in [1.29, 1.82) is 0 Å². The summed E-state index contributed by atoms with van der Waals surface area (Å²) in [5, 5.41) is 6.34. The van der Waals surface area contributed by atoms with Gasteiger partial charge in [0, 0.05) is 22.3 Å². The molecule has 2 heterocycles. The lowest BCUT2D eigenvalue weighted by Gasteiger charge is -2.12. The van der Waals surface area contributed by atoms with E-state index in [-0.39, 0.29) is 17.5 Å². The summed E-state index contributed by atoms with van der Waals surface area (Å²) in [6.07, 6.45) is 2.06. The van der Waals surface area contributed by atoms with E-state index in [1.165, 1.54) is 6.33 Å². The highest BCUT2D eigenvalue weighted by Gasteiger charge is 2.27. The lowest BCUT2D eigenvalue weighted by Crippen LogP contribution is -2.21. The Balaban J connectivity index is 1.70. The molecule has 1 aromatic carbocycles. The summed E-state index contributed by atoms with van der Waals surface area (Å²) in [6.45, 7) is 0. The van der Waals surface area contributed by atoms with Crippen molar-refractivity contribution < 1.29 is 8.42 Å². The van der Waals surface area contributed by atoms with Gasteiger partial charge in [-0.1, -0.05) is 22.0 Å². The lowest BCUT2D eigenvalue weighted by molar-refractivity contribution is 0.602. The average Bonchev–Trinajstić information content (AvgIpc) is 2.78. The number of halogens is 1. The average molecular weight is 383 g/mol. The molecule has 22 heavy (non-hydrogen) atoms. The van der Waals surface area contributed by atoms with Gasteiger partial charge in [-0.3, -0.25) is 0 Å². The smallest absolute Gasteiger partial charge is 0.152 e. The Hall–Kier alpha value is -1.67. The van der Waals surface area contributed by atoms with Gasteiger partial charge in [-0.15, -0.1) is 0 Å². The molecule has 0 aliphatic carbocycles. The fourth-order valence-corrected chi connectivity index (χ4v) is 4.41. The van der Waals surface area contributed by atoms with Crippen LogP contribution in [0.25, 0.3) is 0 Å². The van der Waals surface area contributed by atoms with Crippen LogP contribution in [0.5, 0.6) is 0 Å². The van der Waals surface area contributed by atoms with Gasteiger partial charge in [-0.25, -0.2) is 18.4 Å². The topological polar surface area (TPSA) is 84.0 Å². The molecule has 1 aliphatic heterocycles. The van der Waals surface area contributed by atoms with Gasteiger partial charge in [0.25, 0.3) is 0 Å². The molecular formula is C14H15BrN4O2S. The number of nitrogens with zero attached hydrogens (tertiary/aromatic N) is 2. The van der Waals surface area contributed by atoms with Gasteiger partial charge in [-0.2, -0.15) is 0 Å². The van der Waals surface area contributed by atoms with E-state index in [2.05, 4.69) is 36.5 Å². The van der Waals surface area contributed by atoms with Crippen molar-refractivity contribution >= 4 is 43.1 Å². The minimum atomic E-state index is -2.91. The van der Waals surface area contributed by atoms with Crippen LogP contribution < -0.4 is 10.6 Å². The first-order chi connectivity index (χ1) is 10.5. The van der Waals surface area contributed by atoms with Crippen LogP contribution in [0.2, 0.25) is 0 Å². The van der Waals surface area contributed by atoms with E-state index in [1.807, 2.05) is 24.3 Å². The Morgan fingerprint density at radius 3 is 2.73 bits per heavy atom. The third-order valence-electron chi connectivity index (χ3n) is 3.35. The van der Waals surface area contributed by atoms with Crippen molar-refractivity contribution in [3.63, 3.8) is 0 Å². The Labute approximate surface area is 137 Å².